The molecule has 3 N–H and O–H groups in total. The first-order valence-corrected chi connectivity index (χ1v) is 9.58. The molecule has 8 heteroatoms. The van der Waals surface area contributed by atoms with Crippen molar-refractivity contribution in [3.8, 4) is 5.69 Å². The molecule has 28 heavy (non-hydrogen) atoms. The van der Waals surface area contributed by atoms with Crippen LogP contribution in [0.2, 0.25) is 0 Å². The van der Waals surface area contributed by atoms with Crippen molar-refractivity contribution < 1.29 is 14.4 Å². The summed E-state index contributed by atoms with van der Waals surface area (Å²) in [5, 5.41) is 7.36. The Morgan fingerprint density at radius 1 is 1.00 bits per heavy atom. The molecule has 0 spiro atoms. The van der Waals surface area contributed by atoms with Crippen molar-refractivity contribution in [1.82, 2.24) is 14.7 Å². The molecular weight excluding hydrogens is 358 g/mol. The third-order valence-corrected chi connectivity index (χ3v) is 5.31. The Bertz CT molecular complexity index is 896. The van der Waals surface area contributed by atoms with Gasteiger partial charge in [-0.3, -0.25) is 14.4 Å². The van der Waals surface area contributed by atoms with E-state index in [0.717, 1.165) is 18.5 Å². The maximum absolute atomic E-state index is 12.9. The largest absolute Gasteiger partial charge is 0.369 e. The summed E-state index contributed by atoms with van der Waals surface area (Å²) in [7, 11) is 0. The highest BCUT2D eigenvalue weighted by Crippen LogP contribution is 2.31. The van der Waals surface area contributed by atoms with Gasteiger partial charge in [-0.1, -0.05) is 18.2 Å². The quantitative estimate of drug-likeness (QED) is 0.819. The number of primary amides is 1. The number of para-hydroxylation sites is 1. The fraction of sp³-hybridized carbons (Fsp3) is 0.400. The van der Waals surface area contributed by atoms with Crippen molar-refractivity contribution in [2.75, 3.05) is 18.4 Å². The Kier molecular flexibility index (Phi) is 4.85. The second kappa shape index (κ2) is 7.46. The Balaban J connectivity index is 1.57. The van der Waals surface area contributed by atoms with E-state index >= 15 is 0 Å². The highest BCUT2D eigenvalue weighted by Gasteiger charge is 2.32. The van der Waals surface area contributed by atoms with Gasteiger partial charge in [0.05, 0.1) is 5.69 Å². The zero-order valence-electron chi connectivity index (χ0n) is 15.5. The third-order valence-electron chi connectivity index (χ3n) is 5.31. The van der Waals surface area contributed by atoms with Gasteiger partial charge in [0.25, 0.3) is 5.91 Å². The smallest absolute Gasteiger partial charge is 0.274 e. The topological polar surface area (TPSA) is 110 Å². The van der Waals surface area contributed by atoms with Gasteiger partial charge in [0.2, 0.25) is 11.8 Å². The maximum Gasteiger partial charge on any atom is 0.274 e. The summed E-state index contributed by atoms with van der Waals surface area (Å²) < 4.78 is 1.59. The number of amides is 3. The number of likely N-dealkylation sites (tertiary alicyclic amines) is 1. The Morgan fingerprint density at radius 3 is 2.29 bits per heavy atom. The molecule has 0 radical (unpaired) electrons. The van der Waals surface area contributed by atoms with Gasteiger partial charge in [-0.25, -0.2) is 4.68 Å². The lowest BCUT2D eigenvalue weighted by Gasteiger charge is -2.29. The highest BCUT2D eigenvalue weighted by atomic mass is 16.2. The number of hydrogen-bond acceptors (Lipinski definition) is 4. The number of carbonyl (C=O) groups is 3. The minimum atomic E-state index is -0.314. The van der Waals surface area contributed by atoms with Gasteiger partial charge < -0.3 is 16.0 Å². The van der Waals surface area contributed by atoms with Gasteiger partial charge >= 0.3 is 0 Å². The first kappa shape index (κ1) is 18.2. The zero-order chi connectivity index (χ0) is 19.7. The first-order chi connectivity index (χ1) is 13.5. The fourth-order valence-electron chi connectivity index (χ4n) is 3.44. The first-order valence-electron chi connectivity index (χ1n) is 9.58. The fourth-order valence-corrected chi connectivity index (χ4v) is 3.44. The van der Waals surface area contributed by atoms with Crippen LogP contribution >= 0.6 is 0 Å². The van der Waals surface area contributed by atoms with Crippen molar-refractivity contribution in [2.45, 2.75) is 25.7 Å². The zero-order valence-corrected chi connectivity index (χ0v) is 15.5. The number of hydrogen-bond donors (Lipinski definition) is 2. The molecule has 2 aliphatic rings. The van der Waals surface area contributed by atoms with E-state index in [1.165, 1.54) is 0 Å². The molecule has 1 aliphatic carbocycles. The number of anilines is 1. The molecule has 1 aliphatic heterocycles. The molecule has 1 saturated carbocycles. The van der Waals surface area contributed by atoms with Gasteiger partial charge in [0.1, 0.15) is 5.82 Å². The Hall–Kier alpha value is -3.16. The van der Waals surface area contributed by atoms with Crippen molar-refractivity contribution in [3.63, 3.8) is 0 Å². The number of carbonyl (C=O) groups excluding carboxylic acids is 3. The molecule has 1 aromatic carbocycles. The minimum Gasteiger partial charge on any atom is -0.369 e. The van der Waals surface area contributed by atoms with Crippen LogP contribution in [0.25, 0.3) is 5.69 Å². The Labute approximate surface area is 162 Å². The molecule has 0 unspecified atom stereocenters. The molecule has 8 nitrogen and oxygen atoms in total. The second-order valence-corrected chi connectivity index (χ2v) is 7.39. The van der Waals surface area contributed by atoms with Gasteiger partial charge in [-0.2, -0.15) is 5.10 Å². The van der Waals surface area contributed by atoms with Crippen LogP contribution in [0, 0.1) is 11.8 Å². The van der Waals surface area contributed by atoms with E-state index in [4.69, 9.17) is 5.73 Å². The molecule has 0 atom stereocenters. The molecule has 1 aromatic heterocycles. The van der Waals surface area contributed by atoms with Crippen molar-refractivity contribution in [2.24, 2.45) is 17.6 Å². The van der Waals surface area contributed by atoms with E-state index in [2.05, 4.69) is 10.4 Å². The molecule has 2 fully saturated rings. The number of aromatic nitrogens is 2. The lowest BCUT2D eigenvalue weighted by molar-refractivity contribution is -0.123. The van der Waals surface area contributed by atoms with E-state index < -0.39 is 0 Å². The lowest BCUT2D eigenvalue weighted by atomic mass is 9.96. The number of nitrogens with one attached hydrogen (secondary N) is 1. The second-order valence-electron chi connectivity index (χ2n) is 7.39. The van der Waals surface area contributed by atoms with Crippen LogP contribution in [0.1, 0.15) is 36.2 Å². The number of benzene rings is 1. The maximum atomic E-state index is 12.9. The summed E-state index contributed by atoms with van der Waals surface area (Å²) >= 11 is 0. The minimum absolute atomic E-state index is 0.0432. The summed E-state index contributed by atoms with van der Waals surface area (Å²) in [5.41, 5.74) is 6.40. The SMILES string of the molecule is NC(=O)C1CCN(C(=O)c2cc(NC(=O)C3CC3)n(-c3ccccc3)n2)CC1. The molecule has 2 aromatic rings. The summed E-state index contributed by atoms with van der Waals surface area (Å²) in [6.45, 7) is 0.933. The monoisotopic (exact) mass is 381 g/mol. The van der Waals surface area contributed by atoms with Crippen LogP contribution in [0.4, 0.5) is 5.82 Å². The summed E-state index contributed by atoms with van der Waals surface area (Å²) in [4.78, 5) is 38.2. The van der Waals surface area contributed by atoms with Crippen LogP contribution in [0.15, 0.2) is 36.4 Å². The van der Waals surface area contributed by atoms with E-state index in [0.29, 0.717) is 31.7 Å². The molecule has 146 valence electrons. The van der Waals surface area contributed by atoms with Crippen molar-refractivity contribution in [3.05, 3.63) is 42.1 Å². The number of rotatable bonds is 5. The normalized spacial score (nSPS) is 17.4. The molecular formula is C20H23N5O3. The lowest BCUT2D eigenvalue weighted by Crippen LogP contribution is -2.41. The molecule has 3 amide bonds. The molecule has 1 saturated heterocycles. The van der Waals surface area contributed by atoms with Crippen LogP contribution < -0.4 is 11.1 Å². The average molecular weight is 381 g/mol. The number of piperidine rings is 1. The van der Waals surface area contributed by atoms with Gasteiger partial charge in [-0.05, 0) is 37.8 Å². The average Bonchev–Trinajstić information content (AvgIpc) is 3.49. The summed E-state index contributed by atoms with van der Waals surface area (Å²) in [5.74, 6) is -0.215. The van der Waals surface area contributed by atoms with Crippen molar-refractivity contribution >= 4 is 23.5 Å². The van der Waals surface area contributed by atoms with Crippen LogP contribution in [-0.2, 0) is 9.59 Å². The summed E-state index contributed by atoms with van der Waals surface area (Å²) in [6, 6.07) is 11.0. The predicted octanol–water partition coefficient (Wildman–Crippen LogP) is 1.56. The van der Waals surface area contributed by atoms with Gasteiger partial charge in [0, 0.05) is 31.0 Å². The Morgan fingerprint density at radius 2 is 1.68 bits per heavy atom. The van der Waals surface area contributed by atoms with Gasteiger partial charge in [0.15, 0.2) is 5.69 Å². The van der Waals surface area contributed by atoms with Crippen LogP contribution in [-0.4, -0.2) is 45.5 Å². The number of nitrogens with zero attached hydrogens (tertiary/aromatic N) is 3. The standard InChI is InChI=1S/C20H23N5O3/c21-18(26)13-8-10-24(11-9-13)20(28)16-12-17(22-19(27)14-6-7-14)25(23-16)15-4-2-1-3-5-15/h1-5,12-14H,6-11H2,(H2,21,26)(H,22,27). The van der Waals surface area contributed by atoms with Crippen LogP contribution in [0.3, 0.4) is 0 Å². The summed E-state index contributed by atoms with van der Waals surface area (Å²) in [6.07, 6.45) is 2.91. The predicted molar refractivity (Wildman–Crippen MR) is 103 cm³/mol. The van der Waals surface area contributed by atoms with Crippen LogP contribution in [0.5, 0.6) is 0 Å². The third kappa shape index (κ3) is 3.76. The highest BCUT2D eigenvalue weighted by molar-refractivity contribution is 5.97. The van der Waals surface area contributed by atoms with Gasteiger partial charge in [-0.15, -0.1) is 0 Å². The van der Waals surface area contributed by atoms with E-state index in [-0.39, 0.29) is 35.3 Å². The molecule has 2 heterocycles. The van der Waals surface area contributed by atoms with E-state index in [1.54, 1.807) is 15.6 Å². The van der Waals surface area contributed by atoms with E-state index in [1.807, 2.05) is 30.3 Å². The molecule has 0 bridgehead atoms. The van der Waals surface area contributed by atoms with E-state index in [9.17, 15) is 14.4 Å². The molecule has 4 rings (SSSR count). The number of nitrogens with two attached hydrogens (primary N) is 1. The van der Waals surface area contributed by atoms with Crippen molar-refractivity contribution in [1.29, 1.82) is 0 Å².